The molecule has 0 saturated carbocycles. The van der Waals surface area contributed by atoms with E-state index < -0.39 is 6.10 Å². The van der Waals surface area contributed by atoms with Gasteiger partial charge in [-0.25, -0.2) is 9.45 Å². The van der Waals surface area contributed by atoms with Crippen LogP contribution in [0.4, 0.5) is 4.39 Å². The number of benzene rings is 1. The maximum absolute atomic E-state index is 12.9. The van der Waals surface area contributed by atoms with E-state index in [4.69, 9.17) is 9.57 Å². The molecule has 0 bridgehead atoms. The Kier molecular flexibility index (Phi) is 3.58. The number of rotatable bonds is 3. The first kappa shape index (κ1) is 11.9. The van der Waals surface area contributed by atoms with E-state index in [-0.39, 0.29) is 11.7 Å². The number of hydroxylamine groups is 2. The van der Waals surface area contributed by atoms with E-state index in [9.17, 15) is 9.18 Å². The van der Waals surface area contributed by atoms with Crippen molar-refractivity contribution in [3.05, 3.63) is 30.1 Å². The zero-order valence-corrected chi connectivity index (χ0v) is 9.56. The van der Waals surface area contributed by atoms with Crippen LogP contribution in [0, 0.1) is 5.82 Å². The fraction of sp³-hybridized carbons (Fsp3) is 0.417. The van der Waals surface area contributed by atoms with Crippen molar-refractivity contribution in [2.75, 3.05) is 13.2 Å². The van der Waals surface area contributed by atoms with Gasteiger partial charge in [-0.05, 0) is 25.5 Å². The van der Waals surface area contributed by atoms with Crippen LogP contribution in [0.2, 0.25) is 0 Å². The summed E-state index contributed by atoms with van der Waals surface area (Å²) in [6.45, 7) is 2.75. The van der Waals surface area contributed by atoms with E-state index >= 15 is 0 Å². The van der Waals surface area contributed by atoms with Crippen molar-refractivity contribution in [3.63, 3.8) is 0 Å². The molecule has 4 nitrogen and oxygen atoms in total. The van der Waals surface area contributed by atoms with Gasteiger partial charge in [0.05, 0.1) is 13.2 Å². The van der Waals surface area contributed by atoms with Crippen molar-refractivity contribution < 1.29 is 18.8 Å². The third kappa shape index (κ3) is 2.94. The molecule has 17 heavy (non-hydrogen) atoms. The number of amides is 1. The fourth-order valence-electron chi connectivity index (χ4n) is 1.62. The fourth-order valence-corrected chi connectivity index (χ4v) is 1.62. The second-order valence-corrected chi connectivity index (χ2v) is 3.84. The highest BCUT2D eigenvalue weighted by Gasteiger charge is 2.25. The molecule has 1 aromatic rings. The summed E-state index contributed by atoms with van der Waals surface area (Å²) in [5, 5.41) is 1.30. The first-order chi connectivity index (χ1) is 8.16. The SMILES string of the molecule is CC(Oc1cccc(F)c1)C(=O)N1CCCO1. The molecular weight excluding hydrogens is 225 g/mol. The summed E-state index contributed by atoms with van der Waals surface area (Å²) in [7, 11) is 0. The lowest BCUT2D eigenvalue weighted by atomic mass is 10.3. The Balaban J connectivity index is 1.96. The molecule has 0 aromatic heterocycles. The van der Waals surface area contributed by atoms with Gasteiger partial charge in [0, 0.05) is 6.07 Å². The molecule has 1 heterocycles. The Bertz CT molecular complexity index is 404. The topological polar surface area (TPSA) is 38.8 Å². The molecule has 0 N–H and O–H groups in total. The number of hydrogen-bond acceptors (Lipinski definition) is 3. The van der Waals surface area contributed by atoms with Gasteiger partial charge in [0.2, 0.25) is 0 Å². The summed E-state index contributed by atoms with van der Waals surface area (Å²) in [5.74, 6) is -0.295. The molecule has 2 rings (SSSR count). The smallest absolute Gasteiger partial charge is 0.286 e. The van der Waals surface area contributed by atoms with Crippen LogP contribution >= 0.6 is 0 Å². The van der Waals surface area contributed by atoms with Gasteiger partial charge in [-0.2, -0.15) is 0 Å². The van der Waals surface area contributed by atoms with E-state index in [1.54, 1.807) is 13.0 Å². The zero-order valence-electron chi connectivity index (χ0n) is 9.56. The summed E-state index contributed by atoms with van der Waals surface area (Å²) in [5.41, 5.74) is 0. The molecule has 1 unspecified atom stereocenters. The van der Waals surface area contributed by atoms with E-state index in [1.807, 2.05) is 0 Å². The van der Waals surface area contributed by atoms with Gasteiger partial charge in [-0.3, -0.25) is 9.63 Å². The summed E-state index contributed by atoms with van der Waals surface area (Å²) in [6, 6.07) is 5.71. The molecule has 0 spiro atoms. The molecule has 1 amide bonds. The van der Waals surface area contributed by atoms with Crippen LogP contribution in [0.1, 0.15) is 13.3 Å². The maximum atomic E-state index is 12.9. The highest BCUT2D eigenvalue weighted by molar-refractivity contribution is 5.80. The number of carbonyl (C=O) groups is 1. The Morgan fingerprint density at radius 2 is 2.41 bits per heavy atom. The van der Waals surface area contributed by atoms with Crippen molar-refractivity contribution in [2.24, 2.45) is 0 Å². The van der Waals surface area contributed by atoms with Crippen LogP contribution in [0.25, 0.3) is 0 Å². The molecule has 0 aliphatic carbocycles. The highest BCUT2D eigenvalue weighted by Crippen LogP contribution is 2.15. The molecule has 1 atom stereocenters. The predicted octanol–water partition coefficient (Wildman–Crippen LogP) is 1.76. The second-order valence-electron chi connectivity index (χ2n) is 3.84. The van der Waals surface area contributed by atoms with E-state index in [0.717, 1.165) is 6.42 Å². The molecule has 5 heteroatoms. The molecule has 1 saturated heterocycles. The summed E-state index contributed by atoms with van der Waals surface area (Å²) in [6.07, 6.45) is 0.146. The Morgan fingerprint density at radius 3 is 3.06 bits per heavy atom. The Morgan fingerprint density at radius 1 is 1.59 bits per heavy atom. The van der Waals surface area contributed by atoms with Crippen molar-refractivity contribution >= 4 is 5.91 Å². The van der Waals surface area contributed by atoms with Crippen molar-refractivity contribution in [3.8, 4) is 5.75 Å². The standard InChI is InChI=1S/C12H14FNO3/c1-9(12(15)14-6-3-7-16-14)17-11-5-2-4-10(13)8-11/h2,4-5,8-9H,3,6-7H2,1H3. The second kappa shape index (κ2) is 5.14. The van der Waals surface area contributed by atoms with Crippen molar-refractivity contribution in [1.82, 2.24) is 5.06 Å². The normalized spacial score (nSPS) is 16.9. The van der Waals surface area contributed by atoms with Crippen LogP contribution in [-0.2, 0) is 9.63 Å². The van der Waals surface area contributed by atoms with Crippen LogP contribution < -0.4 is 4.74 Å². The lowest BCUT2D eigenvalue weighted by molar-refractivity contribution is -0.175. The summed E-state index contributed by atoms with van der Waals surface area (Å²) in [4.78, 5) is 16.9. The average molecular weight is 239 g/mol. The molecule has 1 aliphatic rings. The van der Waals surface area contributed by atoms with Crippen LogP contribution in [0.5, 0.6) is 5.75 Å². The zero-order chi connectivity index (χ0) is 12.3. The molecule has 1 aromatic carbocycles. The number of nitrogens with zero attached hydrogens (tertiary/aromatic N) is 1. The molecule has 1 aliphatic heterocycles. The van der Waals surface area contributed by atoms with E-state index in [1.165, 1.54) is 23.3 Å². The van der Waals surface area contributed by atoms with E-state index in [2.05, 4.69) is 0 Å². The Hall–Kier alpha value is -1.62. The number of hydrogen-bond donors (Lipinski definition) is 0. The van der Waals surface area contributed by atoms with Crippen molar-refractivity contribution in [2.45, 2.75) is 19.4 Å². The van der Waals surface area contributed by atoms with Crippen molar-refractivity contribution in [1.29, 1.82) is 0 Å². The lowest BCUT2D eigenvalue weighted by Gasteiger charge is -2.19. The largest absolute Gasteiger partial charge is 0.481 e. The highest BCUT2D eigenvalue weighted by atomic mass is 19.1. The predicted molar refractivity (Wildman–Crippen MR) is 58.8 cm³/mol. The van der Waals surface area contributed by atoms with Crippen LogP contribution in [0.15, 0.2) is 24.3 Å². The minimum Gasteiger partial charge on any atom is -0.481 e. The number of halogens is 1. The molecule has 0 radical (unpaired) electrons. The molecular formula is C12H14FNO3. The van der Waals surface area contributed by atoms with Crippen LogP contribution in [0.3, 0.4) is 0 Å². The monoisotopic (exact) mass is 239 g/mol. The summed E-state index contributed by atoms with van der Waals surface area (Å²) < 4.78 is 18.3. The third-order valence-electron chi connectivity index (χ3n) is 2.46. The minimum absolute atomic E-state index is 0.244. The third-order valence-corrected chi connectivity index (χ3v) is 2.46. The van der Waals surface area contributed by atoms with Gasteiger partial charge in [0.1, 0.15) is 11.6 Å². The van der Waals surface area contributed by atoms with Gasteiger partial charge in [0.25, 0.3) is 5.91 Å². The Labute approximate surface area is 98.9 Å². The van der Waals surface area contributed by atoms with Gasteiger partial charge in [0.15, 0.2) is 6.10 Å². The minimum atomic E-state index is -0.685. The van der Waals surface area contributed by atoms with E-state index in [0.29, 0.717) is 18.9 Å². The van der Waals surface area contributed by atoms with Gasteiger partial charge >= 0.3 is 0 Å². The first-order valence-electron chi connectivity index (χ1n) is 5.53. The maximum Gasteiger partial charge on any atom is 0.286 e. The molecule has 92 valence electrons. The summed E-state index contributed by atoms with van der Waals surface area (Å²) >= 11 is 0. The van der Waals surface area contributed by atoms with Gasteiger partial charge in [-0.15, -0.1) is 0 Å². The lowest BCUT2D eigenvalue weighted by Crippen LogP contribution is -2.37. The average Bonchev–Trinajstić information content (AvgIpc) is 2.81. The molecule has 1 fully saturated rings. The van der Waals surface area contributed by atoms with Gasteiger partial charge in [-0.1, -0.05) is 6.07 Å². The quantitative estimate of drug-likeness (QED) is 0.806. The number of ether oxygens (including phenoxy) is 1. The van der Waals surface area contributed by atoms with Gasteiger partial charge < -0.3 is 4.74 Å². The first-order valence-corrected chi connectivity index (χ1v) is 5.53. The van der Waals surface area contributed by atoms with Crippen LogP contribution in [-0.4, -0.2) is 30.2 Å². The number of carbonyl (C=O) groups excluding carboxylic acids is 1.